The van der Waals surface area contributed by atoms with Crippen LogP contribution < -0.4 is 10.6 Å². The van der Waals surface area contributed by atoms with Crippen molar-refractivity contribution in [3.8, 4) is 0 Å². The molecular formula is C17H26N4O2S. The van der Waals surface area contributed by atoms with Gasteiger partial charge in [-0.2, -0.15) is 0 Å². The van der Waals surface area contributed by atoms with Crippen molar-refractivity contribution in [3.63, 3.8) is 0 Å². The first-order chi connectivity index (χ1) is 11.6. The van der Waals surface area contributed by atoms with Crippen LogP contribution in [0.4, 0.5) is 0 Å². The Morgan fingerprint density at radius 2 is 1.79 bits per heavy atom. The Bertz CT molecular complexity index is 551. The van der Waals surface area contributed by atoms with Gasteiger partial charge in [-0.25, -0.2) is 0 Å². The molecule has 2 amide bonds. The highest BCUT2D eigenvalue weighted by Crippen LogP contribution is 2.19. The van der Waals surface area contributed by atoms with Crippen LogP contribution in [0, 0.1) is 0 Å². The van der Waals surface area contributed by atoms with Gasteiger partial charge in [0.1, 0.15) is 0 Å². The number of hydrogen-bond donors (Lipinski definition) is 2. The first kappa shape index (κ1) is 17.4. The van der Waals surface area contributed by atoms with Crippen molar-refractivity contribution in [3.05, 3.63) is 22.4 Å². The molecule has 2 aliphatic rings. The molecule has 1 saturated carbocycles. The predicted octanol–water partition coefficient (Wildman–Crippen LogP) is 0.822. The van der Waals surface area contributed by atoms with Crippen LogP contribution in [0.3, 0.4) is 0 Å². The normalized spacial score (nSPS) is 20.5. The smallest absolute Gasteiger partial charge is 0.234 e. The summed E-state index contributed by atoms with van der Waals surface area (Å²) in [5.74, 6) is 0.198. The summed E-state index contributed by atoms with van der Waals surface area (Å²) in [5.41, 5.74) is 0. The van der Waals surface area contributed by atoms with Gasteiger partial charge in [0, 0.05) is 37.1 Å². The Hall–Kier alpha value is -1.44. The SMILES string of the molecule is C[C@H](NC(=O)CN1CCN(CC(=O)NC2CC2)CC1)c1cccs1. The molecule has 2 fully saturated rings. The van der Waals surface area contributed by atoms with Crippen LogP contribution in [-0.2, 0) is 9.59 Å². The fraction of sp³-hybridized carbons (Fsp3) is 0.647. The lowest BCUT2D eigenvalue weighted by Gasteiger charge is -2.34. The lowest BCUT2D eigenvalue weighted by Crippen LogP contribution is -2.51. The molecule has 1 saturated heterocycles. The van der Waals surface area contributed by atoms with Crippen molar-refractivity contribution >= 4 is 23.2 Å². The van der Waals surface area contributed by atoms with Gasteiger partial charge in [0.25, 0.3) is 0 Å². The molecule has 132 valence electrons. The predicted molar refractivity (Wildman–Crippen MR) is 94.9 cm³/mol. The molecule has 1 atom stereocenters. The number of nitrogens with zero attached hydrogens (tertiary/aromatic N) is 2. The highest BCUT2D eigenvalue weighted by Gasteiger charge is 2.25. The van der Waals surface area contributed by atoms with Crippen LogP contribution in [0.5, 0.6) is 0 Å². The highest BCUT2D eigenvalue weighted by molar-refractivity contribution is 7.10. The first-order valence-corrected chi connectivity index (χ1v) is 9.55. The average Bonchev–Trinajstić information content (AvgIpc) is 3.17. The average molecular weight is 350 g/mol. The summed E-state index contributed by atoms with van der Waals surface area (Å²) in [4.78, 5) is 29.5. The summed E-state index contributed by atoms with van der Waals surface area (Å²) in [6.45, 7) is 6.26. The maximum atomic E-state index is 12.2. The fourth-order valence-electron chi connectivity index (χ4n) is 2.91. The molecule has 6 nitrogen and oxygen atoms in total. The second kappa shape index (κ2) is 8.09. The molecule has 1 aromatic rings. The number of hydrogen-bond acceptors (Lipinski definition) is 5. The summed E-state index contributed by atoms with van der Waals surface area (Å²) >= 11 is 1.66. The van der Waals surface area contributed by atoms with E-state index < -0.39 is 0 Å². The van der Waals surface area contributed by atoms with E-state index in [4.69, 9.17) is 0 Å². The van der Waals surface area contributed by atoms with Crippen molar-refractivity contribution < 1.29 is 9.59 Å². The lowest BCUT2D eigenvalue weighted by molar-refractivity contribution is -0.125. The summed E-state index contributed by atoms with van der Waals surface area (Å²) in [6.07, 6.45) is 2.25. The minimum absolute atomic E-state index is 0.0601. The molecule has 0 unspecified atom stereocenters. The lowest BCUT2D eigenvalue weighted by atomic mass is 10.2. The first-order valence-electron chi connectivity index (χ1n) is 8.67. The topological polar surface area (TPSA) is 64.7 Å². The minimum atomic E-state index is 0.0601. The third-order valence-electron chi connectivity index (χ3n) is 4.49. The van der Waals surface area contributed by atoms with E-state index in [0.29, 0.717) is 19.1 Å². The largest absolute Gasteiger partial charge is 0.352 e. The molecule has 0 bridgehead atoms. The van der Waals surface area contributed by atoms with E-state index in [2.05, 4.69) is 20.4 Å². The Balaban J connectivity index is 1.34. The van der Waals surface area contributed by atoms with Gasteiger partial charge in [0.05, 0.1) is 19.1 Å². The molecule has 24 heavy (non-hydrogen) atoms. The molecule has 1 aromatic heterocycles. The minimum Gasteiger partial charge on any atom is -0.352 e. The van der Waals surface area contributed by atoms with Crippen LogP contribution in [0.2, 0.25) is 0 Å². The number of carbonyl (C=O) groups is 2. The highest BCUT2D eigenvalue weighted by atomic mass is 32.1. The van der Waals surface area contributed by atoms with E-state index in [9.17, 15) is 9.59 Å². The second-order valence-corrected chi connectivity index (χ2v) is 7.68. The molecule has 7 heteroatoms. The molecule has 2 heterocycles. The maximum Gasteiger partial charge on any atom is 0.234 e. The van der Waals surface area contributed by atoms with Crippen molar-refractivity contribution in [1.82, 2.24) is 20.4 Å². The van der Waals surface area contributed by atoms with Gasteiger partial charge in [0.2, 0.25) is 11.8 Å². The maximum absolute atomic E-state index is 12.2. The van der Waals surface area contributed by atoms with Gasteiger partial charge in [-0.15, -0.1) is 11.3 Å². The molecule has 1 aliphatic carbocycles. The van der Waals surface area contributed by atoms with E-state index in [0.717, 1.165) is 39.0 Å². The van der Waals surface area contributed by atoms with Gasteiger partial charge in [-0.3, -0.25) is 19.4 Å². The summed E-state index contributed by atoms with van der Waals surface area (Å²) in [6, 6.07) is 4.53. The third kappa shape index (κ3) is 5.29. The van der Waals surface area contributed by atoms with Crippen molar-refractivity contribution in [2.24, 2.45) is 0 Å². The molecule has 0 spiro atoms. The van der Waals surface area contributed by atoms with Gasteiger partial charge in [-0.1, -0.05) is 6.07 Å². The standard InChI is InChI=1S/C17H26N4O2S/c1-13(15-3-2-10-24-15)18-16(22)11-20-6-8-21(9-7-20)12-17(23)19-14-4-5-14/h2-3,10,13-14H,4-9,11-12H2,1H3,(H,18,22)(H,19,23)/t13-/m0/s1. The summed E-state index contributed by atoms with van der Waals surface area (Å²) in [7, 11) is 0. The van der Waals surface area contributed by atoms with Gasteiger partial charge < -0.3 is 10.6 Å². The Morgan fingerprint density at radius 3 is 2.33 bits per heavy atom. The Morgan fingerprint density at radius 1 is 1.17 bits per heavy atom. The molecule has 0 radical (unpaired) electrons. The zero-order valence-corrected chi connectivity index (χ0v) is 15.0. The second-order valence-electron chi connectivity index (χ2n) is 6.70. The van der Waals surface area contributed by atoms with E-state index in [1.54, 1.807) is 11.3 Å². The van der Waals surface area contributed by atoms with Gasteiger partial charge in [-0.05, 0) is 31.2 Å². The monoisotopic (exact) mass is 350 g/mol. The molecule has 3 rings (SSSR count). The fourth-order valence-corrected chi connectivity index (χ4v) is 3.64. The number of carbonyl (C=O) groups excluding carboxylic acids is 2. The van der Waals surface area contributed by atoms with Crippen molar-refractivity contribution in [2.45, 2.75) is 31.8 Å². The summed E-state index contributed by atoms with van der Waals surface area (Å²) in [5, 5.41) is 8.10. The zero-order chi connectivity index (χ0) is 16.9. The van der Waals surface area contributed by atoms with Crippen LogP contribution in [0.25, 0.3) is 0 Å². The van der Waals surface area contributed by atoms with E-state index in [1.165, 1.54) is 4.88 Å². The molecule has 2 N–H and O–H groups in total. The molecule has 1 aliphatic heterocycles. The van der Waals surface area contributed by atoms with E-state index in [-0.39, 0.29) is 17.9 Å². The number of rotatable bonds is 7. The molecule has 0 aromatic carbocycles. The van der Waals surface area contributed by atoms with E-state index in [1.807, 2.05) is 24.4 Å². The zero-order valence-electron chi connectivity index (χ0n) is 14.2. The number of piperazine rings is 1. The number of amides is 2. The van der Waals surface area contributed by atoms with Crippen LogP contribution >= 0.6 is 11.3 Å². The summed E-state index contributed by atoms with van der Waals surface area (Å²) < 4.78 is 0. The Kier molecular flexibility index (Phi) is 5.86. The van der Waals surface area contributed by atoms with Crippen molar-refractivity contribution in [2.75, 3.05) is 39.3 Å². The Labute approximate surface area is 147 Å². The van der Waals surface area contributed by atoms with Crippen molar-refractivity contribution in [1.29, 1.82) is 0 Å². The van der Waals surface area contributed by atoms with Crippen LogP contribution in [0.1, 0.15) is 30.7 Å². The van der Waals surface area contributed by atoms with Crippen LogP contribution in [-0.4, -0.2) is 66.9 Å². The number of thiophene rings is 1. The van der Waals surface area contributed by atoms with Gasteiger partial charge >= 0.3 is 0 Å². The molecular weight excluding hydrogens is 324 g/mol. The van der Waals surface area contributed by atoms with Crippen LogP contribution in [0.15, 0.2) is 17.5 Å². The number of nitrogens with one attached hydrogen (secondary N) is 2. The third-order valence-corrected chi connectivity index (χ3v) is 5.54. The quantitative estimate of drug-likeness (QED) is 0.764. The van der Waals surface area contributed by atoms with E-state index >= 15 is 0 Å². The van der Waals surface area contributed by atoms with Gasteiger partial charge in [0.15, 0.2) is 0 Å².